The molecule has 1 amide bonds. The number of amides is 1. The number of carbonyl (C=O) groups is 1. The molecule has 0 bridgehead atoms. The van der Waals surface area contributed by atoms with Crippen LogP contribution in [-0.4, -0.2) is 56.6 Å². The van der Waals surface area contributed by atoms with E-state index in [1.165, 1.54) is 11.1 Å². The molecule has 2 aromatic carbocycles. The van der Waals surface area contributed by atoms with Crippen LogP contribution in [0.3, 0.4) is 0 Å². The second kappa shape index (κ2) is 9.24. The number of hydrogen-bond acceptors (Lipinski definition) is 4. The summed E-state index contributed by atoms with van der Waals surface area (Å²) in [5, 5.41) is 0. The van der Waals surface area contributed by atoms with E-state index in [0.717, 1.165) is 31.5 Å². The topological polar surface area (TPSA) is 69.7 Å². The number of hydrogen-bond donors (Lipinski definition) is 1. The Balaban J connectivity index is 1.49. The van der Waals surface area contributed by atoms with Crippen LogP contribution in [0.25, 0.3) is 6.08 Å². The predicted octanol–water partition coefficient (Wildman–Crippen LogP) is 2.72. The second-order valence-corrected chi connectivity index (χ2v) is 9.17. The SMILES string of the molecule is Cc1cccc(CN2CCN(C(=O)/C=C/c3ccc(NS(C)(=O)=O)cc3)CC2)c1. The zero-order valence-corrected chi connectivity index (χ0v) is 17.7. The van der Waals surface area contributed by atoms with Crippen LogP contribution in [0.15, 0.2) is 54.6 Å². The molecule has 1 aliphatic heterocycles. The number of nitrogens with zero attached hydrogens (tertiary/aromatic N) is 2. The van der Waals surface area contributed by atoms with Gasteiger partial charge in [-0.25, -0.2) is 8.42 Å². The summed E-state index contributed by atoms with van der Waals surface area (Å²) >= 11 is 0. The van der Waals surface area contributed by atoms with Crippen molar-refractivity contribution in [3.8, 4) is 0 Å². The number of benzene rings is 2. The number of nitrogens with one attached hydrogen (secondary N) is 1. The van der Waals surface area contributed by atoms with Gasteiger partial charge in [-0.2, -0.15) is 0 Å². The lowest BCUT2D eigenvalue weighted by Crippen LogP contribution is -2.47. The maximum Gasteiger partial charge on any atom is 0.246 e. The molecule has 1 fully saturated rings. The highest BCUT2D eigenvalue weighted by atomic mass is 32.2. The van der Waals surface area contributed by atoms with Crippen LogP contribution >= 0.6 is 0 Å². The first-order valence-electron chi connectivity index (χ1n) is 9.61. The highest BCUT2D eigenvalue weighted by molar-refractivity contribution is 7.92. The fraction of sp³-hybridized carbons (Fsp3) is 0.318. The highest BCUT2D eigenvalue weighted by Crippen LogP contribution is 2.13. The molecule has 1 aliphatic rings. The van der Waals surface area contributed by atoms with Crippen molar-refractivity contribution >= 4 is 27.7 Å². The smallest absolute Gasteiger partial charge is 0.246 e. The van der Waals surface area contributed by atoms with Crippen LogP contribution < -0.4 is 4.72 Å². The maximum atomic E-state index is 12.5. The van der Waals surface area contributed by atoms with Gasteiger partial charge in [0.05, 0.1) is 6.26 Å². The van der Waals surface area contributed by atoms with Crippen molar-refractivity contribution in [2.24, 2.45) is 0 Å². The Morgan fingerprint density at radius 2 is 1.76 bits per heavy atom. The van der Waals surface area contributed by atoms with Gasteiger partial charge in [0.1, 0.15) is 0 Å². The number of carbonyl (C=O) groups excluding carboxylic acids is 1. The summed E-state index contributed by atoms with van der Waals surface area (Å²) in [7, 11) is -3.29. The van der Waals surface area contributed by atoms with Crippen molar-refractivity contribution in [1.29, 1.82) is 0 Å². The van der Waals surface area contributed by atoms with Gasteiger partial charge in [-0.05, 0) is 36.3 Å². The molecule has 0 radical (unpaired) electrons. The standard InChI is InChI=1S/C22H27N3O3S/c1-18-4-3-5-20(16-18)17-24-12-14-25(15-13-24)22(26)11-8-19-6-9-21(10-7-19)23-29(2,27)28/h3-11,16,23H,12-15,17H2,1-2H3/b11-8+. The summed E-state index contributed by atoms with van der Waals surface area (Å²) in [5.41, 5.74) is 3.91. The minimum absolute atomic E-state index is 0.00135. The normalized spacial score (nSPS) is 15.6. The average Bonchev–Trinajstić information content (AvgIpc) is 2.67. The summed E-state index contributed by atoms with van der Waals surface area (Å²) in [6.45, 7) is 6.16. The molecule has 29 heavy (non-hydrogen) atoms. The Hall–Kier alpha value is -2.64. The molecule has 0 aliphatic carbocycles. The zero-order chi connectivity index (χ0) is 20.9. The number of rotatable bonds is 6. The molecule has 3 rings (SSSR count). The monoisotopic (exact) mass is 413 g/mol. The van der Waals surface area contributed by atoms with Crippen LogP contribution in [-0.2, 0) is 21.4 Å². The van der Waals surface area contributed by atoms with Crippen LogP contribution in [0, 0.1) is 6.92 Å². The zero-order valence-electron chi connectivity index (χ0n) is 16.8. The van der Waals surface area contributed by atoms with E-state index in [-0.39, 0.29) is 5.91 Å². The van der Waals surface area contributed by atoms with Gasteiger partial charge in [-0.1, -0.05) is 42.0 Å². The highest BCUT2D eigenvalue weighted by Gasteiger charge is 2.19. The lowest BCUT2D eigenvalue weighted by Gasteiger charge is -2.34. The molecule has 7 heteroatoms. The molecule has 0 unspecified atom stereocenters. The third-order valence-corrected chi connectivity index (χ3v) is 5.41. The maximum absolute atomic E-state index is 12.5. The molecule has 1 heterocycles. The molecule has 0 aromatic heterocycles. The van der Waals surface area contributed by atoms with Crippen LogP contribution in [0.1, 0.15) is 16.7 Å². The third kappa shape index (κ3) is 6.73. The van der Waals surface area contributed by atoms with Gasteiger partial charge in [0.2, 0.25) is 15.9 Å². The third-order valence-electron chi connectivity index (χ3n) is 4.80. The lowest BCUT2D eigenvalue weighted by molar-refractivity contribution is -0.127. The van der Waals surface area contributed by atoms with E-state index in [9.17, 15) is 13.2 Å². The Morgan fingerprint density at radius 3 is 2.38 bits per heavy atom. The molecule has 154 valence electrons. The van der Waals surface area contributed by atoms with Gasteiger partial charge < -0.3 is 4.90 Å². The minimum Gasteiger partial charge on any atom is -0.337 e. The van der Waals surface area contributed by atoms with E-state index < -0.39 is 10.0 Å². The average molecular weight is 414 g/mol. The van der Waals surface area contributed by atoms with Crippen molar-refractivity contribution < 1.29 is 13.2 Å². The fourth-order valence-corrected chi connectivity index (χ4v) is 3.91. The number of anilines is 1. The molecular weight excluding hydrogens is 386 g/mol. The molecule has 0 atom stereocenters. The van der Waals surface area contributed by atoms with Crippen molar-refractivity contribution in [3.05, 3.63) is 71.3 Å². The van der Waals surface area contributed by atoms with Crippen LogP contribution in [0.5, 0.6) is 0 Å². The minimum atomic E-state index is -3.29. The number of piperazine rings is 1. The van der Waals surface area contributed by atoms with Crippen molar-refractivity contribution in [1.82, 2.24) is 9.80 Å². The van der Waals surface area contributed by atoms with E-state index in [2.05, 4.69) is 40.8 Å². The van der Waals surface area contributed by atoms with Crippen LogP contribution in [0.2, 0.25) is 0 Å². The summed E-state index contributed by atoms with van der Waals surface area (Å²) in [6.07, 6.45) is 4.45. The molecule has 1 saturated heterocycles. The largest absolute Gasteiger partial charge is 0.337 e. The first-order chi connectivity index (χ1) is 13.8. The van der Waals surface area contributed by atoms with Crippen LogP contribution in [0.4, 0.5) is 5.69 Å². The summed E-state index contributed by atoms with van der Waals surface area (Å²) < 4.78 is 24.9. The Labute approximate surface area is 172 Å². The second-order valence-electron chi connectivity index (χ2n) is 7.42. The van der Waals surface area contributed by atoms with E-state index >= 15 is 0 Å². The molecule has 2 aromatic rings. The quantitative estimate of drug-likeness (QED) is 0.740. The Kier molecular flexibility index (Phi) is 6.71. The van der Waals surface area contributed by atoms with Gasteiger partial charge >= 0.3 is 0 Å². The Bertz CT molecular complexity index is 977. The molecule has 0 saturated carbocycles. The first-order valence-corrected chi connectivity index (χ1v) is 11.5. The number of aryl methyl sites for hydroxylation is 1. The first kappa shape index (κ1) is 21.1. The molecule has 1 N–H and O–H groups in total. The van der Waals surface area contributed by atoms with E-state index in [1.54, 1.807) is 36.4 Å². The van der Waals surface area contributed by atoms with Crippen molar-refractivity contribution in [2.45, 2.75) is 13.5 Å². The van der Waals surface area contributed by atoms with Crippen molar-refractivity contribution in [3.63, 3.8) is 0 Å². The molecule has 6 nitrogen and oxygen atoms in total. The van der Waals surface area contributed by atoms with Gasteiger partial charge in [0.15, 0.2) is 0 Å². The fourth-order valence-electron chi connectivity index (χ4n) is 3.34. The van der Waals surface area contributed by atoms with E-state index in [4.69, 9.17) is 0 Å². The molecule has 0 spiro atoms. The van der Waals surface area contributed by atoms with Crippen molar-refractivity contribution in [2.75, 3.05) is 37.2 Å². The van der Waals surface area contributed by atoms with E-state index in [1.807, 2.05) is 4.90 Å². The van der Waals surface area contributed by atoms with E-state index in [0.29, 0.717) is 18.8 Å². The number of sulfonamides is 1. The lowest BCUT2D eigenvalue weighted by atomic mass is 10.1. The summed E-state index contributed by atoms with van der Waals surface area (Å²) in [6, 6.07) is 15.4. The summed E-state index contributed by atoms with van der Waals surface area (Å²) in [4.78, 5) is 16.7. The molecular formula is C22H27N3O3S. The van der Waals surface area contributed by atoms with Gasteiger partial charge in [0.25, 0.3) is 0 Å². The Morgan fingerprint density at radius 1 is 1.07 bits per heavy atom. The van der Waals surface area contributed by atoms with Gasteiger partial charge in [-0.3, -0.25) is 14.4 Å². The van der Waals surface area contributed by atoms with Gasteiger partial charge in [-0.15, -0.1) is 0 Å². The van der Waals surface area contributed by atoms with Gasteiger partial charge in [0, 0.05) is 44.5 Å². The summed E-state index contributed by atoms with van der Waals surface area (Å²) in [5.74, 6) is -0.00135. The predicted molar refractivity (Wildman–Crippen MR) is 117 cm³/mol.